The van der Waals surface area contributed by atoms with Gasteiger partial charge >= 0.3 is 0 Å². The molecule has 0 atom stereocenters. The van der Waals surface area contributed by atoms with Crippen LogP contribution in [-0.4, -0.2) is 9.97 Å². The Bertz CT molecular complexity index is 703. The molecule has 3 aromatic rings. The van der Waals surface area contributed by atoms with Gasteiger partial charge in [0.1, 0.15) is 0 Å². The number of benzene rings is 1. The van der Waals surface area contributed by atoms with Crippen LogP contribution >= 0.6 is 15.9 Å². The average Bonchev–Trinajstić information content (AvgIpc) is 2.81. The predicted molar refractivity (Wildman–Crippen MR) is 77.1 cm³/mol. The molecule has 0 spiro atoms. The van der Waals surface area contributed by atoms with Crippen LogP contribution in [0.5, 0.6) is 0 Å². The van der Waals surface area contributed by atoms with E-state index in [1.54, 1.807) is 6.20 Å². The van der Waals surface area contributed by atoms with Gasteiger partial charge in [0.2, 0.25) is 0 Å². The van der Waals surface area contributed by atoms with E-state index in [4.69, 9.17) is 5.73 Å². The first-order valence-electron chi connectivity index (χ1n) is 5.70. The van der Waals surface area contributed by atoms with Crippen LogP contribution in [0.25, 0.3) is 22.3 Å². The Hall–Kier alpha value is -1.65. The molecule has 4 heteroatoms. The van der Waals surface area contributed by atoms with Gasteiger partial charge in [0.05, 0.1) is 11.4 Å². The Morgan fingerprint density at radius 2 is 2.06 bits per heavy atom. The molecule has 3 rings (SSSR count). The molecule has 2 heterocycles. The van der Waals surface area contributed by atoms with Crippen molar-refractivity contribution in [2.45, 2.75) is 6.54 Å². The Labute approximate surface area is 113 Å². The third-order valence-corrected chi connectivity index (χ3v) is 3.41. The quantitative estimate of drug-likeness (QED) is 0.762. The van der Waals surface area contributed by atoms with Crippen LogP contribution < -0.4 is 5.73 Å². The monoisotopic (exact) mass is 301 g/mol. The van der Waals surface area contributed by atoms with Crippen molar-refractivity contribution in [2.75, 3.05) is 0 Å². The second kappa shape index (κ2) is 4.55. The van der Waals surface area contributed by atoms with E-state index >= 15 is 0 Å². The fourth-order valence-corrected chi connectivity index (χ4v) is 2.37. The van der Waals surface area contributed by atoms with Gasteiger partial charge in [-0.15, -0.1) is 0 Å². The van der Waals surface area contributed by atoms with E-state index in [1.165, 1.54) is 5.39 Å². The minimum absolute atomic E-state index is 0.529. The molecule has 0 aliphatic rings. The van der Waals surface area contributed by atoms with Crippen LogP contribution in [0.4, 0.5) is 0 Å². The molecule has 0 amide bonds. The lowest BCUT2D eigenvalue weighted by Crippen LogP contribution is -1.97. The SMILES string of the molecule is NCc1ccnc(-c2cc3cc(Br)ccc3[nH]2)c1. The summed E-state index contributed by atoms with van der Waals surface area (Å²) in [6, 6.07) is 12.2. The second-order valence-electron chi connectivity index (χ2n) is 4.17. The summed E-state index contributed by atoms with van der Waals surface area (Å²) in [7, 11) is 0. The zero-order valence-corrected chi connectivity index (χ0v) is 11.2. The maximum atomic E-state index is 5.65. The van der Waals surface area contributed by atoms with Crippen LogP contribution in [-0.2, 0) is 6.54 Å². The topological polar surface area (TPSA) is 54.7 Å². The van der Waals surface area contributed by atoms with Crippen LogP contribution in [0.15, 0.2) is 47.1 Å². The number of nitrogens with zero attached hydrogens (tertiary/aromatic N) is 1. The average molecular weight is 302 g/mol. The van der Waals surface area contributed by atoms with E-state index in [9.17, 15) is 0 Å². The number of H-pyrrole nitrogens is 1. The van der Waals surface area contributed by atoms with Gasteiger partial charge < -0.3 is 10.7 Å². The van der Waals surface area contributed by atoms with Crippen molar-refractivity contribution in [2.24, 2.45) is 5.73 Å². The van der Waals surface area contributed by atoms with Gasteiger partial charge in [0.25, 0.3) is 0 Å². The standard InChI is InChI=1S/C14H12BrN3/c15-11-1-2-12-10(6-11)7-14(18-12)13-5-9(8-16)3-4-17-13/h1-7,18H,8,16H2. The zero-order chi connectivity index (χ0) is 12.5. The molecule has 18 heavy (non-hydrogen) atoms. The molecular formula is C14H12BrN3. The highest BCUT2D eigenvalue weighted by molar-refractivity contribution is 9.10. The van der Waals surface area contributed by atoms with Crippen molar-refractivity contribution in [1.29, 1.82) is 0 Å². The fraction of sp³-hybridized carbons (Fsp3) is 0.0714. The number of nitrogens with two attached hydrogens (primary N) is 1. The van der Waals surface area contributed by atoms with E-state index in [2.05, 4.69) is 44.1 Å². The van der Waals surface area contributed by atoms with Crippen molar-refractivity contribution in [3.8, 4) is 11.4 Å². The van der Waals surface area contributed by atoms with Crippen LogP contribution in [0, 0.1) is 0 Å². The van der Waals surface area contributed by atoms with Gasteiger partial charge in [0, 0.05) is 28.1 Å². The van der Waals surface area contributed by atoms with Crippen LogP contribution in [0.1, 0.15) is 5.56 Å². The molecule has 2 aromatic heterocycles. The van der Waals surface area contributed by atoms with Crippen molar-refractivity contribution >= 4 is 26.8 Å². The Morgan fingerprint density at radius 1 is 1.17 bits per heavy atom. The molecule has 1 aromatic carbocycles. The summed E-state index contributed by atoms with van der Waals surface area (Å²) in [6.07, 6.45) is 1.79. The summed E-state index contributed by atoms with van der Waals surface area (Å²) in [6.45, 7) is 0.529. The highest BCUT2D eigenvalue weighted by Crippen LogP contribution is 2.25. The first kappa shape index (κ1) is 11.4. The maximum absolute atomic E-state index is 5.65. The minimum atomic E-state index is 0.529. The predicted octanol–water partition coefficient (Wildman–Crippen LogP) is 3.45. The van der Waals surface area contributed by atoms with Gasteiger partial charge in [-0.1, -0.05) is 15.9 Å². The molecule has 0 aliphatic heterocycles. The fourth-order valence-electron chi connectivity index (χ4n) is 1.99. The molecular weight excluding hydrogens is 290 g/mol. The number of hydrogen-bond donors (Lipinski definition) is 2. The number of fused-ring (bicyclic) bond motifs is 1. The number of nitrogens with one attached hydrogen (secondary N) is 1. The molecule has 0 radical (unpaired) electrons. The molecule has 0 saturated carbocycles. The molecule has 0 bridgehead atoms. The number of aromatic nitrogens is 2. The normalized spacial score (nSPS) is 11.0. The summed E-state index contributed by atoms with van der Waals surface area (Å²) in [5, 5.41) is 1.17. The Kier molecular flexibility index (Phi) is 2.89. The number of rotatable bonds is 2. The smallest absolute Gasteiger partial charge is 0.0867 e. The summed E-state index contributed by atoms with van der Waals surface area (Å²) >= 11 is 3.47. The number of pyridine rings is 1. The zero-order valence-electron chi connectivity index (χ0n) is 9.65. The lowest BCUT2D eigenvalue weighted by Gasteiger charge is -1.99. The van der Waals surface area contributed by atoms with E-state index in [0.717, 1.165) is 26.9 Å². The van der Waals surface area contributed by atoms with Crippen molar-refractivity contribution in [1.82, 2.24) is 9.97 Å². The lowest BCUT2D eigenvalue weighted by molar-refractivity contribution is 1.06. The van der Waals surface area contributed by atoms with Gasteiger partial charge in [-0.2, -0.15) is 0 Å². The van der Waals surface area contributed by atoms with Gasteiger partial charge in [0.15, 0.2) is 0 Å². The summed E-state index contributed by atoms with van der Waals surface area (Å²) < 4.78 is 1.07. The van der Waals surface area contributed by atoms with Gasteiger partial charge in [-0.3, -0.25) is 4.98 Å². The number of hydrogen-bond acceptors (Lipinski definition) is 2. The third kappa shape index (κ3) is 2.05. The Morgan fingerprint density at radius 3 is 2.89 bits per heavy atom. The molecule has 3 nitrogen and oxygen atoms in total. The third-order valence-electron chi connectivity index (χ3n) is 2.92. The van der Waals surface area contributed by atoms with Crippen LogP contribution in [0.2, 0.25) is 0 Å². The van der Waals surface area contributed by atoms with E-state index in [-0.39, 0.29) is 0 Å². The summed E-state index contributed by atoms with van der Waals surface area (Å²) in [5.41, 5.74) is 9.77. The largest absolute Gasteiger partial charge is 0.353 e. The first-order valence-corrected chi connectivity index (χ1v) is 6.49. The number of aromatic amines is 1. The number of halogens is 1. The molecule has 0 fully saturated rings. The molecule has 3 N–H and O–H groups in total. The molecule has 0 aliphatic carbocycles. The molecule has 0 unspecified atom stereocenters. The minimum Gasteiger partial charge on any atom is -0.353 e. The molecule has 90 valence electrons. The van der Waals surface area contributed by atoms with E-state index < -0.39 is 0 Å². The highest BCUT2D eigenvalue weighted by Gasteiger charge is 2.05. The van der Waals surface area contributed by atoms with E-state index in [1.807, 2.05) is 18.2 Å². The van der Waals surface area contributed by atoms with Crippen molar-refractivity contribution in [3.63, 3.8) is 0 Å². The van der Waals surface area contributed by atoms with Crippen LogP contribution in [0.3, 0.4) is 0 Å². The Balaban J connectivity index is 2.13. The highest BCUT2D eigenvalue weighted by atomic mass is 79.9. The lowest BCUT2D eigenvalue weighted by atomic mass is 10.2. The van der Waals surface area contributed by atoms with Crippen molar-refractivity contribution < 1.29 is 0 Å². The van der Waals surface area contributed by atoms with Gasteiger partial charge in [-0.05, 0) is 42.0 Å². The van der Waals surface area contributed by atoms with Gasteiger partial charge in [-0.25, -0.2) is 0 Å². The van der Waals surface area contributed by atoms with Crippen molar-refractivity contribution in [3.05, 3.63) is 52.6 Å². The summed E-state index contributed by atoms with van der Waals surface area (Å²) in [5.74, 6) is 0. The maximum Gasteiger partial charge on any atom is 0.0867 e. The molecule has 0 saturated heterocycles. The van der Waals surface area contributed by atoms with E-state index in [0.29, 0.717) is 6.54 Å². The summed E-state index contributed by atoms with van der Waals surface area (Å²) in [4.78, 5) is 7.74. The first-order chi connectivity index (χ1) is 8.76. The second-order valence-corrected chi connectivity index (χ2v) is 5.08.